The second-order valence-electron chi connectivity index (χ2n) is 1.89. The molecule has 0 fully saturated rings. The van der Waals surface area contributed by atoms with Crippen LogP contribution in [-0.4, -0.2) is 37.0 Å². The van der Waals surface area contributed by atoms with Gasteiger partial charge in [0.25, 0.3) is 0 Å². The second-order valence-corrected chi connectivity index (χ2v) is 3.04. The first-order chi connectivity index (χ1) is 4.88. The molecule has 2 heterocycles. The summed E-state index contributed by atoms with van der Waals surface area (Å²) in [5.41, 5.74) is 0.814. The number of fused-ring (bicyclic) bond motifs is 1. The fourth-order valence-corrected chi connectivity index (χ4v) is 1.37. The maximum atomic E-state index is 4.04. The van der Waals surface area contributed by atoms with Gasteiger partial charge in [0.05, 0.1) is 0 Å². The van der Waals surface area contributed by atoms with Crippen LogP contribution >= 0.6 is 0 Å². The van der Waals surface area contributed by atoms with Gasteiger partial charge in [0.15, 0.2) is 0 Å². The van der Waals surface area contributed by atoms with Gasteiger partial charge in [-0.05, 0) is 0 Å². The molecule has 0 radical (unpaired) electrons. The molecule has 0 aromatic carbocycles. The Morgan fingerprint density at radius 3 is 3.10 bits per heavy atom. The number of aromatic nitrogens is 4. The number of hydrogen-bond donors (Lipinski definition) is 1. The molecule has 0 aliphatic heterocycles. The van der Waals surface area contributed by atoms with Gasteiger partial charge in [-0.25, -0.2) is 0 Å². The van der Waals surface area contributed by atoms with E-state index in [1.165, 1.54) is 23.2 Å². The molecule has 1 atom stereocenters. The van der Waals surface area contributed by atoms with Crippen molar-refractivity contribution in [1.29, 1.82) is 0 Å². The second kappa shape index (κ2) is 2.06. The van der Waals surface area contributed by atoms with Crippen LogP contribution in [0.1, 0.15) is 0 Å². The zero-order valence-electron chi connectivity index (χ0n) is 5.07. The number of H-pyrrole nitrogens is 1. The summed E-state index contributed by atoms with van der Waals surface area (Å²) in [6, 6.07) is 0. The first-order valence-corrected chi connectivity index (χ1v) is 3.98. The van der Waals surface area contributed by atoms with E-state index < -0.39 is 0 Å². The van der Waals surface area contributed by atoms with Gasteiger partial charge in [-0.15, -0.1) is 0 Å². The minimum atomic E-state index is 0.814. The number of rotatable bonds is 0. The third-order valence-electron chi connectivity index (χ3n) is 1.28. The standard InChI is InChI=1S/C5H5AsN4/c6-4-3-1-9-10-5(3)8-2-7-4/h1-2H,6H2,(H,7,8,9,10). The van der Waals surface area contributed by atoms with Gasteiger partial charge in [0, 0.05) is 0 Å². The first kappa shape index (κ1) is 5.86. The van der Waals surface area contributed by atoms with Gasteiger partial charge in [-0.1, -0.05) is 0 Å². The predicted octanol–water partition coefficient (Wildman–Crippen LogP) is -1.39. The van der Waals surface area contributed by atoms with E-state index in [-0.39, 0.29) is 0 Å². The average Bonchev–Trinajstić information content (AvgIpc) is 2.36. The molecule has 1 unspecified atom stereocenters. The third kappa shape index (κ3) is 0.726. The number of hydrogen-bond acceptors (Lipinski definition) is 3. The summed E-state index contributed by atoms with van der Waals surface area (Å²) < 4.78 is 1.02. The normalized spacial score (nSPS) is 10.5. The van der Waals surface area contributed by atoms with Crippen LogP contribution in [0.5, 0.6) is 0 Å². The summed E-state index contributed by atoms with van der Waals surface area (Å²) in [6.07, 6.45) is 3.28. The van der Waals surface area contributed by atoms with E-state index in [1.54, 1.807) is 6.20 Å². The molecule has 4 nitrogen and oxygen atoms in total. The summed E-state index contributed by atoms with van der Waals surface area (Å²) in [7, 11) is 0. The molecular weight excluding hydrogens is 191 g/mol. The molecule has 0 saturated carbocycles. The Kier molecular flexibility index (Phi) is 1.21. The van der Waals surface area contributed by atoms with E-state index in [2.05, 4.69) is 20.2 Å². The van der Waals surface area contributed by atoms with E-state index in [4.69, 9.17) is 0 Å². The maximum absolute atomic E-state index is 4.04. The van der Waals surface area contributed by atoms with Crippen LogP contribution in [0.4, 0.5) is 0 Å². The van der Waals surface area contributed by atoms with Crippen molar-refractivity contribution >= 4 is 32.4 Å². The number of nitrogens with one attached hydrogen (secondary N) is 1. The van der Waals surface area contributed by atoms with Gasteiger partial charge < -0.3 is 0 Å². The Morgan fingerprint density at radius 2 is 2.30 bits per heavy atom. The summed E-state index contributed by atoms with van der Waals surface area (Å²) >= 11 is 1.49. The van der Waals surface area contributed by atoms with Crippen LogP contribution < -0.4 is 4.48 Å². The third-order valence-corrected chi connectivity index (χ3v) is 2.24. The van der Waals surface area contributed by atoms with Crippen molar-refractivity contribution in [2.24, 2.45) is 0 Å². The van der Waals surface area contributed by atoms with Gasteiger partial charge in [-0.2, -0.15) is 0 Å². The van der Waals surface area contributed by atoms with Crippen molar-refractivity contribution in [3.05, 3.63) is 12.5 Å². The molecule has 2 aromatic heterocycles. The Morgan fingerprint density at radius 1 is 1.40 bits per heavy atom. The molecular formula is C5H5AsN4. The van der Waals surface area contributed by atoms with Crippen LogP contribution in [0, 0.1) is 0 Å². The first-order valence-electron chi connectivity index (χ1n) is 2.77. The Bertz CT molecular complexity index is 355. The summed E-state index contributed by atoms with van der Waals surface area (Å²) in [5.74, 6) is 0. The fraction of sp³-hybridized carbons (Fsp3) is 0. The average molecular weight is 196 g/mol. The Balaban J connectivity index is 2.95. The molecule has 1 N–H and O–H groups in total. The van der Waals surface area contributed by atoms with E-state index in [9.17, 15) is 0 Å². The zero-order chi connectivity index (χ0) is 6.97. The van der Waals surface area contributed by atoms with Crippen LogP contribution in [0.25, 0.3) is 11.0 Å². The van der Waals surface area contributed by atoms with Crippen LogP contribution in [0.3, 0.4) is 0 Å². The Hall–Kier alpha value is -0.892. The molecule has 2 rings (SSSR count). The molecule has 5 heteroatoms. The van der Waals surface area contributed by atoms with Crippen molar-refractivity contribution in [2.75, 3.05) is 0 Å². The van der Waals surface area contributed by atoms with Crippen molar-refractivity contribution in [3.8, 4) is 0 Å². The van der Waals surface area contributed by atoms with E-state index in [1.807, 2.05) is 0 Å². The van der Waals surface area contributed by atoms with Gasteiger partial charge in [0.2, 0.25) is 0 Å². The van der Waals surface area contributed by atoms with E-state index in [0.717, 1.165) is 15.5 Å². The summed E-state index contributed by atoms with van der Waals surface area (Å²) in [5, 5.41) is 7.63. The molecule has 10 heavy (non-hydrogen) atoms. The predicted molar refractivity (Wildman–Crippen MR) is 39.9 cm³/mol. The van der Waals surface area contributed by atoms with Crippen LogP contribution in [-0.2, 0) is 0 Å². The van der Waals surface area contributed by atoms with E-state index in [0.29, 0.717) is 0 Å². The topological polar surface area (TPSA) is 54.5 Å². The molecule has 0 aliphatic rings. The molecule has 0 saturated heterocycles. The molecule has 0 amide bonds. The minimum absolute atomic E-state index is 0.814. The number of nitrogens with zero attached hydrogens (tertiary/aromatic N) is 3. The van der Waals surface area contributed by atoms with Gasteiger partial charge >= 0.3 is 65.1 Å². The number of aromatic amines is 1. The zero-order valence-corrected chi connectivity index (χ0v) is 7.50. The molecule has 0 spiro atoms. The molecule has 2 aromatic rings. The quantitative estimate of drug-likeness (QED) is 0.528. The van der Waals surface area contributed by atoms with Crippen LogP contribution in [0.2, 0.25) is 0 Å². The van der Waals surface area contributed by atoms with Crippen molar-refractivity contribution in [1.82, 2.24) is 20.2 Å². The monoisotopic (exact) mass is 196 g/mol. The van der Waals surface area contributed by atoms with Crippen molar-refractivity contribution in [2.45, 2.75) is 0 Å². The molecule has 50 valence electrons. The summed E-state index contributed by atoms with van der Waals surface area (Å²) in [4.78, 5) is 8.02. The fourth-order valence-electron chi connectivity index (χ4n) is 0.784. The van der Waals surface area contributed by atoms with Crippen LogP contribution in [0.15, 0.2) is 12.5 Å². The van der Waals surface area contributed by atoms with Gasteiger partial charge in [-0.3, -0.25) is 0 Å². The SMILES string of the molecule is [AsH2]c1ncnc2[nH]ncc12. The Labute approximate surface area is 65.6 Å². The molecule has 0 bridgehead atoms. The van der Waals surface area contributed by atoms with Crippen molar-refractivity contribution < 1.29 is 0 Å². The van der Waals surface area contributed by atoms with Crippen molar-refractivity contribution in [3.63, 3.8) is 0 Å². The van der Waals surface area contributed by atoms with E-state index >= 15 is 0 Å². The van der Waals surface area contributed by atoms with Gasteiger partial charge in [0.1, 0.15) is 0 Å². The molecule has 0 aliphatic carbocycles. The summed E-state index contributed by atoms with van der Waals surface area (Å²) in [6.45, 7) is 0.